The van der Waals surface area contributed by atoms with E-state index >= 15 is 0 Å². The minimum atomic E-state index is -1.46. The van der Waals surface area contributed by atoms with E-state index in [-0.39, 0.29) is 12.3 Å². The number of rotatable bonds is 6. The summed E-state index contributed by atoms with van der Waals surface area (Å²) in [5, 5.41) is 11.2. The van der Waals surface area contributed by atoms with E-state index in [2.05, 4.69) is 5.32 Å². The van der Waals surface area contributed by atoms with Crippen LogP contribution in [0.15, 0.2) is 24.3 Å². The number of primary amides is 1. The minimum absolute atomic E-state index is 0.0527. The van der Waals surface area contributed by atoms with Crippen LogP contribution in [0, 0.1) is 5.82 Å². The Kier molecular flexibility index (Phi) is 5.06. The van der Waals surface area contributed by atoms with Crippen molar-refractivity contribution >= 4 is 11.8 Å². The molecular weight excluding hydrogens is 243 g/mol. The fraction of sp³-hybridized carbons (Fsp3) is 0.273. The predicted molar refractivity (Wildman–Crippen MR) is 60.1 cm³/mol. The monoisotopic (exact) mass is 256 g/mol. The smallest absolute Gasteiger partial charge is 0.258 e. The molecular formula is C11H13FN2O4. The zero-order valence-corrected chi connectivity index (χ0v) is 9.43. The summed E-state index contributed by atoms with van der Waals surface area (Å²) in [5.74, 6) is -2.17. The highest BCUT2D eigenvalue weighted by Gasteiger charge is 2.12. The highest BCUT2D eigenvalue weighted by molar-refractivity contribution is 5.81. The molecule has 4 N–H and O–H groups in total. The highest BCUT2D eigenvalue weighted by atomic mass is 19.1. The second kappa shape index (κ2) is 6.55. The van der Waals surface area contributed by atoms with Gasteiger partial charge in [-0.2, -0.15) is 0 Å². The van der Waals surface area contributed by atoms with E-state index in [0.29, 0.717) is 0 Å². The molecule has 1 unspecified atom stereocenters. The normalized spacial score (nSPS) is 11.7. The van der Waals surface area contributed by atoms with Crippen LogP contribution in [0.5, 0.6) is 5.75 Å². The molecule has 0 spiro atoms. The third kappa shape index (κ3) is 4.38. The molecule has 1 atom stereocenters. The van der Waals surface area contributed by atoms with Crippen LogP contribution in [0.1, 0.15) is 0 Å². The number of aliphatic hydroxyl groups is 1. The van der Waals surface area contributed by atoms with Gasteiger partial charge in [-0.1, -0.05) is 12.1 Å². The lowest BCUT2D eigenvalue weighted by Crippen LogP contribution is -2.41. The van der Waals surface area contributed by atoms with Gasteiger partial charge in [0.2, 0.25) is 5.91 Å². The third-order valence-electron chi connectivity index (χ3n) is 2.02. The fourth-order valence-corrected chi connectivity index (χ4v) is 1.07. The molecule has 6 nitrogen and oxygen atoms in total. The van der Waals surface area contributed by atoms with Crippen LogP contribution in [0.25, 0.3) is 0 Å². The summed E-state index contributed by atoms with van der Waals surface area (Å²) in [6.07, 6.45) is -1.46. The number of nitrogens with two attached hydrogens (primary N) is 1. The van der Waals surface area contributed by atoms with Gasteiger partial charge >= 0.3 is 0 Å². The number of para-hydroxylation sites is 1. The van der Waals surface area contributed by atoms with Gasteiger partial charge in [-0.3, -0.25) is 9.59 Å². The van der Waals surface area contributed by atoms with E-state index in [9.17, 15) is 14.0 Å². The number of benzene rings is 1. The van der Waals surface area contributed by atoms with Gasteiger partial charge in [0.25, 0.3) is 5.91 Å². The Labute approximate surface area is 103 Å². The van der Waals surface area contributed by atoms with Crippen LogP contribution in [-0.4, -0.2) is 36.2 Å². The molecule has 0 fully saturated rings. The SMILES string of the molecule is NC(=O)C(O)CNC(=O)COc1ccccc1F. The van der Waals surface area contributed by atoms with Crippen molar-refractivity contribution in [2.45, 2.75) is 6.10 Å². The standard InChI is InChI=1S/C11H13FN2O4/c12-7-3-1-2-4-9(7)18-6-10(16)14-5-8(15)11(13)17/h1-4,8,15H,5-6H2,(H2,13,17)(H,14,16). The first kappa shape index (κ1) is 13.9. The van der Waals surface area contributed by atoms with Crippen LogP contribution < -0.4 is 15.8 Å². The Morgan fingerprint density at radius 3 is 2.72 bits per heavy atom. The van der Waals surface area contributed by atoms with Crippen molar-refractivity contribution < 1.29 is 23.8 Å². The predicted octanol–water partition coefficient (Wildman–Crippen LogP) is -0.833. The van der Waals surface area contributed by atoms with Gasteiger partial charge in [-0.05, 0) is 12.1 Å². The topological polar surface area (TPSA) is 102 Å². The molecule has 0 aliphatic rings. The number of amides is 2. The molecule has 0 bridgehead atoms. The van der Waals surface area contributed by atoms with Gasteiger partial charge in [0.15, 0.2) is 18.2 Å². The second-order valence-electron chi connectivity index (χ2n) is 3.44. The van der Waals surface area contributed by atoms with E-state index in [0.717, 1.165) is 0 Å². The van der Waals surface area contributed by atoms with Crippen molar-refractivity contribution in [3.8, 4) is 5.75 Å². The van der Waals surface area contributed by atoms with Crippen LogP contribution in [-0.2, 0) is 9.59 Å². The molecule has 0 radical (unpaired) electrons. The molecule has 1 aromatic rings. The molecule has 0 aromatic heterocycles. The number of carbonyl (C=O) groups is 2. The van der Waals surface area contributed by atoms with Gasteiger partial charge < -0.3 is 20.9 Å². The quantitative estimate of drug-likeness (QED) is 0.618. The van der Waals surface area contributed by atoms with Crippen LogP contribution in [0.3, 0.4) is 0 Å². The molecule has 0 aliphatic heterocycles. The van der Waals surface area contributed by atoms with Crippen molar-refractivity contribution in [1.82, 2.24) is 5.32 Å². The molecule has 0 saturated carbocycles. The van der Waals surface area contributed by atoms with Crippen LogP contribution in [0.2, 0.25) is 0 Å². The lowest BCUT2D eigenvalue weighted by atomic mass is 10.3. The van der Waals surface area contributed by atoms with Gasteiger partial charge in [0, 0.05) is 0 Å². The summed E-state index contributed by atoms with van der Waals surface area (Å²) in [4.78, 5) is 21.7. The Hall–Kier alpha value is -2.15. The molecule has 2 amide bonds. The number of aliphatic hydroxyl groups excluding tert-OH is 1. The summed E-state index contributed by atoms with van der Waals surface area (Å²) < 4.78 is 18.0. The zero-order valence-electron chi connectivity index (χ0n) is 9.43. The van der Waals surface area contributed by atoms with Crippen molar-refractivity contribution in [3.63, 3.8) is 0 Å². The Bertz CT molecular complexity index is 439. The molecule has 1 rings (SSSR count). The molecule has 1 aromatic carbocycles. The third-order valence-corrected chi connectivity index (χ3v) is 2.02. The summed E-state index contributed by atoms with van der Waals surface area (Å²) in [5.41, 5.74) is 4.79. The molecule has 0 saturated heterocycles. The average molecular weight is 256 g/mol. The molecule has 0 heterocycles. The van der Waals surface area contributed by atoms with Crippen molar-refractivity contribution in [1.29, 1.82) is 0 Å². The average Bonchev–Trinajstić information content (AvgIpc) is 2.34. The summed E-state index contributed by atoms with van der Waals surface area (Å²) in [7, 11) is 0. The van der Waals surface area contributed by atoms with Crippen molar-refractivity contribution in [2.24, 2.45) is 5.73 Å². The van der Waals surface area contributed by atoms with Crippen molar-refractivity contribution in [3.05, 3.63) is 30.1 Å². The maximum Gasteiger partial charge on any atom is 0.258 e. The Balaban J connectivity index is 2.34. The maximum absolute atomic E-state index is 13.1. The molecule has 0 aliphatic carbocycles. The van der Waals surface area contributed by atoms with Gasteiger partial charge in [-0.25, -0.2) is 4.39 Å². The summed E-state index contributed by atoms with van der Waals surface area (Å²) >= 11 is 0. The van der Waals surface area contributed by atoms with Gasteiger partial charge in [0.1, 0.15) is 6.10 Å². The second-order valence-corrected chi connectivity index (χ2v) is 3.44. The number of halogens is 1. The van der Waals surface area contributed by atoms with E-state index in [1.165, 1.54) is 18.2 Å². The first-order valence-corrected chi connectivity index (χ1v) is 5.12. The number of nitrogens with one attached hydrogen (secondary N) is 1. The number of hydrogen-bond donors (Lipinski definition) is 3. The summed E-state index contributed by atoms with van der Waals surface area (Å²) in [6.45, 7) is -0.735. The fourth-order valence-electron chi connectivity index (χ4n) is 1.07. The van der Waals surface area contributed by atoms with E-state index in [1.807, 2.05) is 0 Å². The summed E-state index contributed by atoms with van der Waals surface area (Å²) in [6, 6.07) is 5.63. The van der Waals surface area contributed by atoms with Crippen LogP contribution >= 0.6 is 0 Å². The Morgan fingerprint density at radius 2 is 2.11 bits per heavy atom. The lowest BCUT2D eigenvalue weighted by Gasteiger charge is -2.09. The zero-order chi connectivity index (χ0) is 13.5. The van der Waals surface area contributed by atoms with Gasteiger partial charge in [-0.15, -0.1) is 0 Å². The minimum Gasteiger partial charge on any atom is -0.481 e. The maximum atomic E-state index is 13.1. The first-order valence-electron chi connectivity index (χ1n) is 5.12. The molecule has 98 valence electrons. The number of carbonyl (C=O) groups excluding carboxylic acids is 2. The van der Waals surface area contributed by atoms with E-state index in [4.69, 9.17) is 15.6 Å². The number of ether oxygens (including phenoxy) is 1. The molecule has 18 heavy (non-hydrogen) atoms. The molecule has 7 heteroatoms. The number of hydrogen-bond acceptors (Lipinski definition) is 4. The van der Waals surface area contributed by atoms with Crippen molar-refractivity contribution in [2.75, 3.05) is 13.2 Å². The lowest BCUT2D eigenvalue weighted by molar-refractivity contribution is -0.127. The highest BCUT2D eigenvalue weighted by Crippen LogP contribution is 2.14. The first-order chi connectivity index (χ1) is 8.50. The largest absolute Gasteiger partial charge is 0.481 e. The Morgan fingerprint density at radius 1 is 1.44 bits per heavy atom. The van der Waals surface area contributed by atoms with Gasteiger partial charge in [0.05, 0.1) is 6.54 Å². The van der Waals surface area contributed by atoms with Crippen LogP contribution in [0.4, 0.5) is 4.39 Å². The van der Waals surface area contributed by atoms with E-state index < -0.39 is 30.3 Å². The van der Waals surface area contributed by atoms with E-state index in [1.54, 1.807) is 6.07 Å².